The molecule has 0 radical (unpaired) electrons. The average molecular weight is 260 g/mol. The highest BCUT2D eigenvalue weighted by molar-refractivity contribution is 7.84. The predicted molar refractivity (Wildman–Crippen MR) is 71.3 cm³/mol. The highest BCUT2D eigenvalue weighted by atomic mass is 35.5. The molecule has 0 saturated carbocycles. The van der Waals surface area contributed by atoms with E-state index in [9.17, 15) is 4.21 Å². The Labute approximate surface area is 105 Å². The second-order valence-corrected chi connectivity index (χ2v) is 5.61. The summed E-state index contributed by atoms with van der Waals surface area (Å²) in [6.45, 7) is 3.92. The van der Waals surface area contributed by atoms with Crippen molar-refractivity contribution in [1.29, 1.82) is 0 Å². The molecule has 1 aromatic carbocycles. The van der Waals surface area contributed by atoms with Crippen LogP contribution in [0.4, 0.5) is 0 Å². The molecule has 1 rings (SSSR count). The van der Waals surface area contributed by atoms with Gasteiger partial charge in [-0.2, -0.15) is 0 Å². The van der Waals surface area contributed by atoms with Crippen molar-refractivity contribution in [3.63, 3.8) is 0 Å². The Bertz CT molecular complexity index is 344. The summed E-state index contributed by atoms with van der Waals surface area (Å²) in [5.41, 5.74) is 0.970. The first kappa shape index (κ1) is 13.7. The minimum atomic E-state index is -0.832. The van der Waals surface area contributed by atoms with Gasteiger partial charge in [-0.25, -0.2) is 0 Å². The van der Waals surface area contributed by atoms with Crippen LogP contribution in [0.5, 0.6) is 0 Å². The molecule has 90 valence electrons. The Morgan fingerprint density at radius 1 is 1.31 bits per heavy atom. The highest BCUT2D eigenvalue weighted by Crippen LogP contribution is 2.16. The SMILES string of the molecule is CCCNCCS(=O)Cc1ccccc1Cl. The van der Waals surface area contributed by atoms with E-state index in [0.717, 1.165) is 25.1 Å². The van der Waals surface area contributed by atoms with Crippen LogP contribution in [0.1, 0.15) is 18.9 Å². The van der Waals surface area contributed by atoms with Crippen LogP contribution in [0.2, 0.25) is 5.02 Å². The van der Waals surface area contributed by atoms with Crippen LogP contribution in [0, 0.1) is 0 Å². The van der Waals surface area contributed by atoms with E-state index in [-0.39, 0.29) is 0 Å². The Morgan fingerprint density at radius 3 is 2.75 bits per heavy atom. The van der Waals surface area contributed by atoms with Gasteiger partial charge >= 0.3 is 0 Å². The van der Waals surface area contributed by atoms with E-state index in [4.69, 9.17) is 11.6 Å². The average Bonchev–Trinajstić information content (AvgIpc) is 2.28. The highest BCUT2D eigenvalue weighted by Gasteiger charge is 2.04. The van der Waals surface area contributed by atoms with Gasteiger partial charge in [-0.05, 0) is 24.6 Å². The summed E-state index contributed by atoms with van der Waals surface area (Å²) in [5.74, 6) is 1.23. The lowest BCUT2D eigenvalue weighted by Gasteiger charge is -2.05. The first-order valence-electron chi connectivity index (χ1n) is 5.53. The smallest absolute Gasteiger partial charge is 0.0500 e. The lowest BCUT2D eigenvalue weighted by Crippen LogP contribution is -2.21. The standard InChI is InChI=1S/C12H18ClNOS/c1-2-7-14-8-9-16(15)10-11-5-3-4-6-12(11)13/h3-6,14H,2,7-10H2,1H3. The first-order valence-corrected chi connectivity index (χ1v) is 7.39. The summed E-state index contributed by atoms with van der Waals surface area (Å²) in [7, 11) is -0.832. The van der Waals surface area contributed by atoms with Crippen molar-refractivity contribution in [2.24, 2.45) is 0 Å². The fraction of sp³-hybridized carbons (Fsp3) is 0.500. The van der Waals surface area contributed by atoms with Crippen molar-refractivity contribution < 1.29 is 4.21 Å². The second kappa shape index (κ2) is 7.82. The van der Waals surface area contributed by atoms with Crippen LogP contribution in [-0.4, -0.2) is 23.1 Å². The number of hydrogen-bond acceptors (Lipinski definition) is 2. The third kappa shape index (κ3) is 5.10. The third-order valence-electron chi connectivity index (χ3n) is 2.21. The van der Waals surface area contributed by atoms with Crippen molar-refractivity contribution in [3.05, 3.63) is 34.9 Å². The van der Waals surface area contributed by atoms with Crippen LogP contribution in [0.3, 0.4) is 0 Å². The van der Waals surface area contributed by atoms with Gasteiger partial charge in [0.1, 0.15) is 0 Å². The molecule has 1 N–H and O–H groups in total. The zero-order valence-corrected chi connectivity index (χ0v) is 11.1. The van der Waals surface area contributed by atoms with E-state index in [0.29, 0.717) is 16.5 Å². The molecule has 0 spiro atoms. The summed E-state index contributed by atoms with van der Waals surface area (Å²) in [4.78, 5) is 0. The van der Waals surface area contributed by atoms with Gasteiger partial charge in [0, 0.05) is 28.1 Å². The largest absolute Gasteiger partial charge is 0.316 e. The molecule has 0 amide bonds. The summed E-state index contributed by atoms with van der Waals surface area (Å²) in [6.07, 6.45) is 1.11. The maximum absolute atomic E-state index is 11.7. The van der Waals surface area contributed by atoms with Crippen molar-refractivity contribution in [2.75, 3.05) is 18.8 Å². The van der Waals surface area contributed by atoms with Crippen LogP contribution >= 0.6 is 11.6 Å². The minimum Gasteiger partial charge on any atom is -0.316 e. The van der Waals surface area contributed by atoms with Crippen LogP contribution in [-0.2, 0) is 16.6 Å². The Balaban J connectivity index is 2.32. The molecule has 2 nitrogen and oxygen atoms in total. The van der Waals surface area contributed by atoms with Gasteiger partial charge in [0.15, 0.2) is 0 Å². The predicted octanol–water partition coefficient (Wildman–Crippen LogP) is 2.59. The van der Waals surface area contributed by atoms with Gasteiger partial charge in [-0.3, -0.25) is 4.21 Å². The Morgan fingerprint density at radius 2 is 2.06 bits per heavy atom. The zero-order chi connectivity index (χ0) is 11.8. The number of nitrogens with one attached hydrogen (secondary N) is 1. The normalized spacial score (nSPS) is 12.6. The maximum atomic E-state index is 11.7. The first-order chi connectivity index (χ1) is 7.74. The van der Waals surface area contributed by atoms with E-state index in [1.807, 2.05) is 24.3 Å². The van der Waals surface area contributed by atoms with Crippen LogP contribution in [0.15, 0.2) is 24.3 Å². The molecule has 4 heteroatoms. The molecule has 0 saturated heterocycles. The van der Waals surface area contributed by atoms with E-state index in [1.54, 1.807) is 0 Å². The van der Waals surface area contributed by atoms with E-state index >= 15 is 0 Å². The molecule has 0 heterocycles. The van der Waals surface area contributed by atoms with Crippen LogP contribution in [0.25, 0.3) is 0 Å². The summed E-state index contributed by atoms with van der Waals surface area (Å²) >= 11 is 6.00. The fourth-order valence-corrected chi connectivity index (χ4v) is 2.75. The van der Waals surface area contributed by atoms with E-state index in [2.05, 4.69) is 12.2 Å². The second-order valence-electron chi connectivity index (χ2n) is 3.63. The molecular formula is C12H18ClNOS. The fourth-order valence-electron chi connectivity index (χ4n) is 1.35. The molecular weight excluding hydrogens is 242 g/mol. The Hall–Kier alpha value is -0.380. The lowest BCUT2D eigenvalue weighted by atomic mass is 10.2. The van der Waals surface area contributed by atoms with Crippen LogP contribution < -0.4 is 5.32 Å². The van der Waals surface area contributed by atoms with Gasteiger partial charge in [0.2, 0.25) is 0 Å². The molecule has 16 heavy (non-hydrogen) atoms. The summed E-state index contributed by atoms with van der Waals surface area (Å²) in [6, 6.07) is 7.58. The number of rotatable bonds is 7. The van der Waals surface area contributed by atoms with Gasteiger partial charge in [-0.15, -0.1) is 0 Å². The topological polar surface area (TPSA) is 29.1 Å². The quantitative estimate of drug-likeness (QED) is 0.763. The molecule has 1 aromatic rings. The zero-order valence-electron chi connectivity index (χ0n) is 9.54. The van der Waals surface area contributed by atoms with Crippen molar-refractivity contribution in [3.8, 4) is 0 Å². The van der Waals surface area contributed by atoms with Crippen molar-refractivity contribution >= 4 is 22.4 Å². The number of hydrogen-bond donors (Lipinski definition) is 1. The van der Waals surface area contributed by atoms with Gasteiger partial charge in [0.25, 0.3) is 0 Å². The summed E-state index contributed by atoms with van der Waals surface area (Å²) < 4.78 is 11.7. The number of benzene rings is 1. The maximum Gasteiger partial charge on any atom is 0.0500 e. The molecule has 0 bridgehead atoms. The monoisotopic (exact) mass is 259 g/mol. The minimum absolute atomic E-state index is 0.549. The third-order valence-corrected chi connectivity index (χ3v) is 3.87. The molecule has 0 aliphatic carbocycles. The number of halogens is 1. The lowest BCUT2D eigenvalue weighted by molar-refractivity contribution is 0.669. The molecule has 1 unspecified atom stereocenters. The van der Waals surface area contributed by atoms with E-state index < -0.39 is 10.8 Å². The summed E-state index contributed by atoms with van der Waals surface area (Å²) in [5, 5.41) is 3.95. The molecule has 0 aliphatic rings. The molecule has 0 fully saturated rings. The molecule has 0 aliphatic heterocycles. The van der Waals surface area contributed by atoms with Gasteiger partial charge in [0.05, 0.1) is 5.75 Å². The molecule has 0 aromatic heterocycles. The van der Waals surface area contributed by atoms with Crippen molar-refractivity contribution in [2.45, 2.75) is 19.1 Å². The van der Waals surface area contributed by atoms with Gasteiger partial charge < -0.3 is 5.32 Å². The van der Waals surface area contributed by atoms with Gasteiger partial charge in [-0.1, -0.05) is 36.7 Å². The molecule has 1 atom stereocenters. The van der Waals surface area contributed by atoms with Crippen molar-refractivity contribution in [1.82, 2.24) is 5.32 Å². The van der Waals surface area contributed by atoms with E-state index in [1.165, 1.54) is 0 Å². The Kier molecular flexibility index (Phi) is 6.69.